The van der Waals surface area contributed by atoms with E-state index in [1.165, 1.54) is 11.3 Å². The van der Waals surface area contributed by atoms with Crippen molar-refractivity contribution in [1.29, 1.82) is 0 Å². The van der Waals surface area contributed by atoms with E-state index in [1.807, 2.05) is 24.4 Å². The highest BCUT2D eigenvalue weighted by Gasteiger charge is 2.11. The van der Waals surface area contributed by atoms with Crippen molar-refractivity contribution in [3.63, 3.8) is 0 Å². The summed E-state index contributed by atoms with van der Waals surface area (Å²) in [7, 11) is 0. The molecule has 0 aliphatic heterocycles. The molecule has 0 radical (unpaired) electrons. The van der Waals surface area contributed by atoms with E-state index in [9.17, 15) is 4.79 Å². The zero-order valence-corrected chi connectivity index (χ0v) is 7.91. The van der Waals surface area contributed by atoms with Crippen molar-refractivity contribution in [2.24, 2.45) is 0 Å². The molecule has 1 aromatic heterocycles. The van der Waals surface area contributed by atoms with Gasteiger partial charge in [-0.25, -0.2) is 0 Å². The molecule has 0 spiro atoms. The lowest BCUT2D eigenvalue weighted by Gasteiger charge is -1.96. The molecule has 54 valence electrons. The zero-order chi connectivity index (χ0) is 7.56. The molecule has 0 fully saturated rings. The standard InChI is InChI=1S/C7H7BrOS/c1-5(8)7(9)6-3-2-4-10-6/h2-5H,1H3/t5-/m1/s1. The third kappa shape index (κ3) is 1.67. The topological polar surface area (TPSA) is 17.1 Å². The number of alkyl halides is 1. The summed E-state index contributed by atoms with van der Waals surface area (Å²) in [5.41, 5.74) is 0. The first-order valence-corrected chi connectivity index (χ1v) is 4.73. The van der Waals surface area contributed by atoms with Gasteiger partial charge in [0.25, 0.3) is 0 Å². The molecule has 1 rings (SSSR count). The lowest BCUT2D eigenvalue weighted by Crippen LogP contribution is -2.07. The first-order chi connectivity index (χ1) is 4.72. The lowest BCUT2D eigenvalue weighted by atomic mass is 10.3. The molecule has 1 aromatic rings. The van der Waals surface area contributed by atoms with Crippen LogP contribution in [0, 0.1) is 0 Å². The SMILES string of the molecule is C[C@@H](Br)C(=O)c1cccs1. The van der Waals surface area contributed by atoms with Gasteiger partial charge in [-0.15, -0.1) is 11.3 Å². The van der Waals surface area contributed by atoms with E-state index in [1.54, 1.807) is 0 Å². The van der Waals surface area contributed by atoms with Crippen molar-refractivity contribution in [2.45, 2.75) is 11.8 Å². The van der Waals surface area contributed by atoms with Crippen LogP contribution in [0.25, 0.3) is 0 Å². The summed E-state index contributed by atoms with van der Waals surface area (Å²) in [5.74, 6) is 0.162. The minimum Gasteiger partial charge on any atom is -0.292 e. The van der Waals surface area contributed by atoms with Crippen LogP contribution in [0.2, 0.25) is 0 Å². The van der Waals surface area contributed by atoms with Gasteiger partial charge >= 0.3 is 0 Å². The average molecular weight is 219 g/mol. The van der Waals surface area contributed by atoms with Crippen molar-refractivity contribution in [3.05, 3.63) is 22.4 Å². The number of hydrogen-bond acceptors (Lipinski definition) is 2. The van der Waals surface area contributed by atoms with Crippen LogP contribution in [0.5, 0.6) is 0 Å². The van der Waals surface area contributed by atoms with E-state index in [0.717, 1.165) is 4.88 Å². The summed E-state index contributed by atoms with van der Waals surface area (Å²) in [6.07, 6.45) is 0. The van der Waals surface area contributed by atoms with Gasteiger partial charge in [-0.3, -0.25) is 4.79 Å². The Hall–Kier alpha value is -0.150. The second-order valence-electron chi connectivity index (χ2n) is 1.96. The van der Waals surface area contributed by atoms with Gasteiger partial charge in [0.15, 0.2) is 5.78 Å². The van der Waals surface area contributed by atoms with Gasteiger partial charge in [-0.2, -0.15) is 0 Å². The number of thiophene rings is 1. The molecule has 3 heteroatoms. The van der Waals surface area contributed by atoms with Crippen molar-refractivity contribution in [1.82, 2.24) is 0 Å². The molecular weight excluding hydrogens is 212 g/mol. The Morgan fingerprint density at radius 2 is 2.50 bits per heavy atom. The number of carbonyl (C=O) groups is 1. The predicted octanol–water partition coefficient (Wildman–Crippen LogP) is 2.71. The van der Waals surface area contributed by atoms with Gasteiger partial charge < -0.3 is 0 Å². The molecule has 0 aliphatic carbocycles. The lowest BCUT2D eigenvalue weighted by molar-refractivity contribution is 0.0999. The Bertz CT molecular complexity index is 216. The fourth-order valence-corrected chi connectivity index (χ4v) is 1.77. The molecule has 1 heterocycles. The Balaban J connectivity index is 2.78. The Kier molecular flexibility index (Phi) is 2.63. The second kappa shape index (κ2) is 3.30. The number of halogens is 1. The third-order valence-corrected chi connectivity index (χ3v) is 2.43. The first-order valence-electron chi connectivity index (χ1n) is 2.93. The Labute approximate surface area is 72.2 Å². The maximum Gasteiger partial charge on any atom is 0.186 e. The van der Waals surface area contributed by atoms with Crippen molar-refractivity contribution in [2.75, 3.05) is 0 Å². The predicted molar refractivity (Wildman–Crippen MR) is 47.0 cm³/mol. The number of carbonyl (C=O) groups excluding carboxylic acids is 1. The Morgan fingerprint density at radius 3 is 2.90 bits per heavy atom. The van der Waals surface area contributed by atoms with E-state index in [2.05, 4.69) is 15.9 Å². The fourth-order valence-electron chi connectivity index (χ4n) is 0.615. The Morgan fingerprint density at radius 1 is 1.80 bits per heavy atom. The number of hydrogen-bond donors (Lipinski definition) is 0. The summed E-state index contributed by atoms with van der Waals surface area (Å²) in [4.78, 5) is 11.9. The molecule has 0 saturated heterocycles. The van der Waals surface area contributed by atoms with Gasteiger partial charge in [0.1, 0.15) is 0 Å². The summed E-state index contributed by atoms with van der Waals surface area (Å²) in [6, 6.07) is 3.72. The van der Waals surface area contributed by atoms with Gasteiger partial charge in [0.05, 0.1) is 9.70 Å². The number of rotatable bonds is 2. The molecule has 0 aliphatic rings. The highest BCUT2D eigenvalue weighted by Crippen LogP contribution is 2.14. The van der Waals surface area contributed by atoms with Crippen LogP contribution in [0.3, 0.4) is 0 Å². The molecule has 0 saturated carbocycles. The number of Topliss-reactive ketones (excluding diaryl/α,β-unsaturated/α-hetero) is 1. The largest absolute Gasteiger partial charge is 0.292 e. The molecular formula is C7H7BrOS. The van der Waals surface area contributed by atoms with Gasteiger partial charge in [0, 0.05) is 0 Å². The van der Waals surface area contributed by atoms with Crippen LogP contribution in [0.15, 0.2) is 17.5 Å². The minimum atomic E-state index is -0.0637. The van der Waals surface area contributed by atoms with E-state index in [-0.39, 0.29) is 10.6 Å². The first kappa shape index (κ1) is 7.95. The average Bonchev–Trinajstić information content (AvgIpc) is 2.36. The zero-order valence-electron chi connectivity index (χ0n) is 5.50. The summed E-state index contributed by atoms with van der Waals surface area (Å²) in [5, 5.41) is 1.91. The quantitative estimate of drug-likeness (QED) is 0.552. The van der Waals surface area contributed by atoms with Crippen LogP contribution in [-0.4, -0.2) is 10.6 Å². The van der Waals surface area contributed by atoms with Crippen LogP contribution in [-0.2, 0) is 0 Å². The molecule has 0 N–H and O–H groups in total. The van der Waals surface area contributed by atoms with Crippen LogP contribution in [0.4, 0.5) is 0 Å². The van der Waals surface area contributed by atoms with Gasteiger partial charge in [-0.1, -0.05) is 22.0 Å². The smallest absolute Gasteiger partial charge is 0.186 e. The highest BCUT2D eigenvalue weighted by atomic mass is 79.9. The summed E-state index contributed by atoms with van der Waals surface area (Å²) >= 11 is 4.70. The third-order valence-electron chi connectivity index (χ3n) is 1.13. The van der Waals surface area contributed by atoms with Crippen molar-refractivity contribution >= 4 is 33.0 Å². The molecule has 0 aromatic carbocycles. The van der Waals surface area contributed by atoms with Crippen molar-refractivity contribution < 1.29 is 4.79 Å². The normalized spacial score (nSPS) is 13.0. The van der Waals surface area contributed by atoms with Crippen LogP contribution in [0.1, 0.15) is 16.6 Å². The van der Waals surface area contributed by atoms with E-state index in [4.69, 9.17) is 0 Å². The molecule has 0 bridgehead atoms. The highest BCUT2D eigenvalue weighted by molar-refractivity contribution is 9.10. The van der Waals surface area contributed by atoms with Gasteiger partial charge in [0.2, 0.25) is 0 Å². The van der Waals surface area contributed by atoms with Gasteiger partial charge in [-0.05, 0) is 18.4 Å². The summed E-state index contributed by atoms with van der Waals surface area (Å²) in [6.45, 7) is 1.84. The minimum absolute atomic E-state index is 0.0637. The summed E-state index contributed by atoms with van der Waals surface area (Å²) < 4.78 is 0. The maximum atomic E-state index is 11.2. The fraction of sp³-hybridized carbons (Fsp3) is 0.286. The maximum absolute atomic E-state index is 11.2. The molecule has 0 unspecified atom stereocenters. The van der Waals surface area contributed by atoms with Crippen molar-refractivity contribution in [3.8, 4) is 0 Å². The van der Waals surface area contributed by atoms with E-state index >= 15 is 0 Å². The second-order valence-corrected chi connectivity index (χ2v) is 4.28. The number of ketones is 1. The van der Waals surface area contributed by atoms with E-state index in [0.29, 0.717) is 0 Å². The molecule has 0 amide bonds. The molecule has 1 atom stereocenters. The monoisotopic (exact) mass is 218 g/mol. The van der Waals surface area contributed by atoms with Crippen LogP contribution >= 0.6 is 27.3 Å². The molecule has 10 heavy (non-hydrogen) atoms. The van der Waals surface area contributed by atoms with E-state index < -0.39 is 0 Å². The molecule has 1 nitrogen and oxygen atoms in total. The van der Waals surface area contributed by atoms with Crippen LogP contribution < -0.4 is 0 Å².